The summed E-state index contributed by atoms with van der Waals surface area (Å²) in [7, 11) is 3.81. The summed E-state index contributed by atoms with van der Waals surface area (Å²) in [5.74, 6) is 0.132. The second kappa shape index (κ2) is 11.9. The highest BCUT2D eigenvalue weighted by atomic mass is 127. The highest BCUT2D eigenvalue weighted by Crippen LogP contribution is 2.13. The van der Waals surface area contributed by atoms with Crippen LogP contribution in [0.25, 0.3) is 0 Å². The molecule has 27 heavy (non-hydrogen) atoms. The summed E-state index contributed by atoms with van der Waals surface area (Å²) in [5, 5.41) is 6.26. The molecule has 0 atom stereocenters. The number of nitrogens with one attached hydrogen (secondary N) is 2. The Kier molecular flexibility index (Phi) is 10.2. The molecule has 0 radical (unpaired) electrons. The van der Waals surface area contributed by atoms with Crippen molar-refractivity contribution in [3.05, 3.63) is 70.8 Å². The van der Waals surface area contributed by atoms with E-state index in [1.54, 1.807) is 24.3 Å². The fourth-order valence-electron chi connectivity index (χ4n) is 2.52. The first kappa shape index (κ1) is 23.3. The summed E-state index contributed by atoms with van der Waals surface area (Å²) in [5.41, 5.74) is 2.14. The maximum Gasteiger partial charge on any atom is 0.191 e. The van der Waals surface area contributed by atoms with Gasteiger partial charge in [-0.25, -0.2) is 13.8 Å². The molecule has 148 valence electrons. The van der Waals surface area contributed by atoms with Gasteiger partial charge in [0.2, 0.25) is 0 Å². The van der Waals surface area contributed by atoms with Crippen molar-refractivity contribution in [1.29, 1.82) is 0 Å². The summed E-state index contributed by atoms with van der Waals surface area (Å²) in [6, 6.07) is 11.7. The highest BCUT2D eigenvalue weighted by Gasteiger charge is 2.06. The van der Waals surface area contributed by atoms with Crippen LogP contribution in [-0.2, 0) is 19.6 Å². The van der Waals surface area contributed by atoms with Crippen LogP contribution in [0, 0.1) is 11.6 Å². The van der Waals surface area contributed by atoms with E-state index in [2.05, 4.69) is 15.6 Å². The molecule has 0 unspecified atom stereocenters. The molecule has 0 saturated heterocycles. The van der Waals surface area contributed by atoms with E-state index in [0.29, 0.717) is 43.3 Å². The standard InChI is InChI=1S/C20H26F2N4.HI/c1-4-23-20(25-13-16-7-5-6-8-18(16)21)24-12-15-9-10-19(22)17(11-15)14-26(2)3;/h5-11H,4,12-14H2,1-3H3,(H2,23,24,25);1H. The lowest BCUT2D eigenvalue weighted by Gasteiger charge is -2.13. The lowest BCUT2D eigenvalue weighted by atomic mass is 10.1. The zero-order valence-corrected chi connectivity index (χ0v) is 18.3. The van der Waals surface area contributed by atoms with Gasteiger partial charge in [-0.05, 0) is 44.8 Å². The van der Waals surface area contributed by atoms with Crippen LogP contribution in [0.1, 0.15) is 23.6 Å². The van der Waals surface area contributed by atoms with Crippen LogP contribution >= 0.6 is 24.0 Å². The van der Waals surface area contributed by atoms with Gasteiger partial charge in [0.05, 0.1) is 6.54 Å². The number of nitrogens with zero attached hydrogens (tertiary/aromatic N) is 2. The first-order valence-electron chi connectivity index (χ1n) is 8.67. The van der Waals surface area contributed by atoms with Gasteiger partial charge in [-0.1, -0.05) is 24.3 Å². The number of hydrogen-bond acceptors (Lipinski definition) is 2. The van der Waals surface area contributed by atoms with Crippen molar-refractivity contribution in [2.75, 3.05) is 20.6 Å². The summed E-state index contributed by atoms with van der Waals surface area (Å²) >= 11 is 0. The van der Waals surface area contributed by atoms with Gasteiger partial charge in [-0.2, -0.15) is 0 Å². The van der Waals surface area contributed by atoms with Crippen molar-refractivity contribution in [2.24, 2.45) is 4.99 Å². The van der Waals surface area contributed by atoms with Crippen LogP contribution in [0.5, 0.6) is 0 Å². The molecule has 0 heterocycles. The molecule has 0 fully saturated rings. The maximum absolute atomic E-state index is 13.9. The Morgan fingerprint density at radius 3 is 2.37 bits per heavy atom. The molecule has 4 nitrogen and oxygen atoms in total. The Bertz CT molecular complexity index is 751. The molecule has 2 aromatic carbocycles. The first-order chi connectivity index (χ1) is 12.5. The van der Waals surface area contributed by atoms with Crippen molar-refractivity contribution in [3.8, 4) is 0 Å². The Hall–Kier alpha value is -1.74. The fourth-order valence-corrected chi connectivity index (χ4v) is 2.52. The van der Waals surface area contributed by atoms with Crippen LogP contribution in [0.4, 0.5) is 8.78 Å². The third kappa shape index (κ3) is 7.80. The van der Waals surface area contributed by atoms with Crippen LogP contribution in [-0.4, -0.2) is 31.5 Å². The maximum atomic E-state index is 13.9. The Labute approximate surface area is 177 Å². The summed E-state index contributed by atoms with van der Waals surface area (Å²) < 4.78 is 27.6. The molecule has 2 rings (SSSR count). The Morgan fingerprint density at radius 1 is 1.00 bits per heavy atom. The van der Waals surface area contributed by atoms with Gasteiger partial charge < -0.3 is 15.5 Å². The first-order valence-corrected chi connectivity index (χ1v) is 8.67. The summed E-state index contributed by atoms with van der Waals surface area (Å²) in [6.45, 7) is 3.95. The molecule has 0 aliphatic rings. The van der Waals surface area contributed by atoms with Crippen molar-refractivity contribution < 1.29 is 8.78 Å². The predicted molar refractivity (Wildman–Crippen MR) is 117 cm³/mol. The van der Waals surface area contributed by atoms with Crippen LogP contribution in [0.15, 0.2) is 47.5 Å². The molecule has 0 amide bonds. The van der Waals surface area contributed by atoms with Gasteiger partial charge >= 0.3 is 0 Å². The molecule has 0 spiro atoms. The zero-order chi connectivity index (χ0) is 18.9. The Balaban J connectivity index is 0.00000364. The van der Waals surface area contributed by atoms with E-state index in [-0.39, 0.29) is 35.6 Å². The molecule has 0 bridgehead atoms. The molecule has 0 aliphatic heterocycles. The van der Waals surface area contributed by atoms with Crippen molar-refractivity contribution >= 4 is 29.9 Å². The average Bonchev–Trinajstić information content (AvgIpc) is 2.60. The molecular weight excluding hydrogens is 461 g/mol. The number of hydrogen-bond donors (Lipinski definition) is 2. The van der Waals surface area contributed by atoms with Crippen molar-refractivity contribution in [2.45, 2.75) is 26.6 Å². The lowest BCUT2D eigenvalue weighted by molar-refractivity contribution is 0.392. The van der Waals surface area contributed by atoms with Crippen molar-refractivity contribution in [3.63, 3.8) is 0 Å². The number of halogens is 3. The molecule has 2 N–H and O–H groups in total. The molecule has 2 aromatic rings. The van der Waals surface area contributed by atoms with Crippen LogP contribution in [0.2, 0.25) is 0 Å². The summed E-state index contributed by atoms with van der Waals surface area (Å²) in [4.78, 5) is 6.44. The molecular formula is C20H27F2IN4. The number of benzene rings is 2. The van der Waals surface area contributed by atoms with Gasteiger partial charge in [0.15, 0.2) is 5.96 Å². The Morgan fingerprint density at radius 2 is 1.70 bits per heavy atom. The number of aliphatic imine (C=N–C) groups is 1. The lowest BCUT2D eigenvalue weighted by Crippen LogP contribution is -2.37. The monoisotopic (exact) mass is 488 g/mol. The molecule has 0 saturated carbocycles. The van der Waals surface area contributed by atoms with E-state index in [1.807, 2.05) is 32.0 Å². The van der Waals surface area contributed by atoms with E-state index < -0.39 is 0 Å². The molecule has 7 heteroatoms. The third-order valence-electron chi connectivity index (χ3n) is 3.76. The minimum Gasteiger partial charge on any atom is -0.357 e. The third-order valence-corrected chi connectivity index (χ3v) is 3.76. The van der Waals surface area contributed by atoms with Crippen molar-refractivity contribution in [1.82, 2.24) is 15.5 Å². The molecule has 0 aromatic heterocycles. The second-order valence-corrected chi connectivity index (χ2v) is 6.30. The van der Waals surface area contributed by atoms with E-state index in [1.165, 1.54) is 12.1 Å². The van der Waals surface area contributed by atoms with Crippen LogP contribution < -0.4 is 10.6 Å². The van der Waals surface area contributed by atoms with Gasteiger partial charge in [-0.3, -0.25) is 0 Å². The topological polar surface area (TPSA) is 39.7 Å². The van der Waals surface area contributed by atoms with E-state index in [0.717, 1.165) is 5.56 Å². The minimum atomic E-state index is -0.247. The van der Waals surface area contributed by atoms with E-state index in [9.17, 15) is 8.78 Å². The molecule has 0 aliphatic carbocycles. The van der Waals surface area contributed by atoms with E-state index in [4.69, 9.17) is 0 Å². The fraction of sp³-hybridized carbons (Fsp3) is 0.350. The number of guanidine groups is 1. The smallest absolute Gasteiger partial charge is 0.191 e. The quantitative estimate of drug-likeness (QED) is 0.353. The van der Waals surface area contributed by atoms with E-state index >= 15 is 0 Å². The largest absolute Gasteiger partial charge is 0.357 e. The second-order valence-electron chi connectivity index (χ2n) is 6.30. The van der Waals surface area contributed by atoms with Gasteiger partial charge in [0.25, 0.3) is 0 Å². The van der Waals surface area contributed by atoms with Gasteiger partial charge in [-0.15, -0.1) is 24.0 Å². The average molecular weight is 488 g/mol. The normalized spacial score (nSPS) is 11.3. The SMILES string of the molecule is CCNC(=NCc1ccc(F)c(CN(C)C)c1)NCc1ccccc1F.I. The highest BCUT2D eigenvalue weighted by molar-refractivity contribution is 14.0. The summed E-state index contributed by atoms with van der Waals surface area (Å²) in [6.07, 6.45) is 0. The minimum absolute atomic E-state index is 0. The number of rotatable bonds is 7. The predicted octanol–water partition coefficient (Wildman–Crippen LogP) is 3.90. The van der Waals surface area contributed by atoms with Gasteiger partial charge in [0.1, 0.15) is 11.6 Å². The van der Waals surface area contributed by atoms with Crippen LogP contribution in [0.3, 0.4) is 0 Å². The zero-order valence-electron chi connectivity index (χ0n) is 15.9. The van der Waals surface area contributed by atoms with Gasteiger partial charge in [0, 0.05) is 30.8 Å².